The molecular weight excluding hydrogens is 262 g/mol. The summed E-state index contributed by atoms with van der Waals surface area (Å²) in [6.45, 7) is 9.68. The average molecular weight is 287 g/mol. The molecule has 0 aliphatic heterocycles. The van der Waals surface area contributed by atoms with Crippen LogP contribution >= 0.6 is 0 Å². The fraction of sp³-hybridized carbons (Fsp3) is 0.529. The quantitative estimate of drug-likeness (QED) is 0.845. The lowest BCUT2D eigenvalue weighted by Crippen LogP contribution is -2.36. The first-order valence-electron chi connectivity index (χ1n) is 7.73. The van der Waals surface area contributed by atoms with E-state index in [1.807, 2.05) is 12.1 Å². The number of hydrogen-bond acceptors (Lipinski definition) is 4. The van der Waals surface area contributed by atoms with Crippen molar-refractivity contribution >= 4 is 0 Å². The van der Waals surface area contributed by atoms with Crippen LogP contribution in [0.2, 0.25) is 0 Å². The maximum atomic E-state index is 5.42. The van der Waals surface area contributed by atoms with E-state index in [9.17, 15) is 0 Å². The lowest BCUT2D eigenvalue weighted by molar-refractivity contribution is 0.326. The van der Waals surface area contributed by atoms with Crippen molar-refractivity contribution in [2.24, 2.45) is 5.92 Å². The second kappa shape index (κ2) is 7.36. The molecule has 0 spiro atoms. The molecule has 0 radical (unpaired) electrons. The van der Waals surface area contributed by atoms with E-state index >= 15 is 0 Å². The molecule has 2 rings (SSSR count). The largest absolute Gasteiger partial charge is 0.339 e. The summed E-state index contributed by atoms with van der Waals surface area (Å²) in [5.41, 5.74) is 2.20. The number of benzene rings is 1. The van der Waals surface area contributed by atoms with Gasteiger partial charge in [-0.15, -0.1) is 0 Å². The van der Waals surface area contributed by atoms with E-state index in [4.69, 9.17) is 4.52 Å². The molecule has 1 N–H and O–H groups in total. The maximum absolute atomic E-state index is 5.42. The molecule has 0 bridgehead atoms. The third-order valence-electron chi connectivity index (χ3n) is 3.60. The number of aromatic nitrogens is 2. The summed E-state index contributed by atoms with van der Waals surface area (Å²) in [6.07, 6.45) is 1.90. The number of rotatable bonds is 7. The third kappa shape index (κ3) is 4.39. The van der Waals surface area contributed by atoms with Crippen molar-refractivity contribution in [2.45, 2.75) is 46.6 Å². The minimum absolute atomic E-state index is 0.371. The Labute approximate surface area is 127 Å². The van der Waals surface area contributed by atoms with Crippen molar-refractivity contribution in [3.05, 3.63) is 35.7 Å². The summed E-state index contributed by atoms with van der Waals surface area (Å²) < 4.78 is 5.42. The van der Waals surface area contributed by atoms with Crippen molar-refractivity contribution in [3.63, 3.8) is 0 Å². The predicted octanol–water partition coefficient (Wildman–Crippen LogP) is 3.61. The molecule has 4 nitrogen and oxygen atoms in total. The second-order valence-electron chi connectivity index (χ2n) is 5.89. The van der Waals surface area contributed by atoms with Gasteiger partial charge in [-0.2, -0.15) is 4.98 Å². The fourth-order valence-electron chi connectivity index (χ4n) is 2.30. The van der Waals surface area contributed by atoms with Crippen molar-refractivity contribution in [3.8, 4) is 11.4 Å². The van der Waals surface area contributed by atoms with E-state index in [0.717, 1.165) is 24.9 Å². The summed E-state index contributed by atoms with van der Waals surface area (Å²) in [6, 6.07) is 8.53. The molecule has 1 heterocycles. The Morgan fingerprint density at radius 3 is 2.76 bits per heavy atom. The summed E-state index contributed by atoms with van der Waals surface area (Å²) in [5, 5.41) is 7.65. The summed E-state index contributed by atoms with van der Waals surface area (Å²) >= 11 is 0. The molecule has 0 aliphatic carbocycles. The van der Waals surface area contributed by atoms with Gasteiger partial charge in [-0.25, -0.2) is 0 Å². The third-order valence-corrected chi connectivity index (χ3v) is 3.60. The number of nitrogens with one attached hydrogen (secondary N) is 1. The first-order valence-corrected chi connectivity index (χ1v) is 7.73. The van der Waals surface area contributed by atoms with Gasteiger partial charge in [0.05, 0.1) is 0 Å². The minimum Gasteiger partial charge on any atom is -0.339 e. The van der Waals surface area contributed by atoms with Crippen LogP contribution in [0.5, 0.6) is 0 Å². The number of aryl methyl sites for hydroxylation is 1. The first-order chi connectivity index (χ1) is 10.1. The highest BCUT2D eigenvalue weighted by Crippen LogP contribution is 2.18. The number of nitrogens with zero attached hydrogens (tertiary/aromatic N) is 2. The summed E-state index contributed by atoms with van der Waals surface area (Å²) in [4.78, 5) is 4.53. The summed E-state index contributed by atoms with van der Waals surface area (Å²) in [7, 11) is 0. The highest BCUT2D eigenvalue weighted by molar-refractivity contribution is 5.55. The van der Waals surface area contributed by atoms with Crippen LogP contribution in [-0.4, -0.2) is 22.7 Å². The zero-order chi connectivity index (χ0) is 15.2. The normalized spacial score (nSPS) is 12.8. The first kappa shape index (κ1) is 15.7. The Morgan fingerprint density at radius 2 is 2.10 bits per heavy atom. The Bertz CT molecular complexity index is 563. The maximum Gasteiger partial charge on any atom is 0.228 e. The molecule has 1 unspecified atom stereocenters. The highest BCUT2D eigenvalue weighted by Gasteiger charge is 2.17. The lowest BCUT2D eigenvalue weighted by Gasteiger charge is -2.20. The average Bonchev–Trinajstić information content (AvgIpc) is 2.91. The van der Waals surface area contributed by atoms with Gasteiger partial charge in [0.1, 0.15) is 0 Å². The Balaban J connectivity index is 2.08. The van der Waals surface area contributed by atoms with E-state index in [2.05, 4.69) is 55.3 Å². The molecule has 0 aliphatic rings. The van der Waals surface area contributed by atoms with E-state index in [1.165, 1.54) is 5.56 Å². The van der Waals surface area contributed by atoms with Gasteiger partial charge in [-0.3, -0.25) is 0 Å². The van der Waals surface area contributed by atoms with Crippen LogP contribution in [0.3, 0.4) is 0 Å². The highest BCUT2D eigenvalue weighted by atomic mass is 16.5. The van der Waals surface area contributed by atoms with E-state index in [-0.39, 0.29) is 0 Å². The molecule has 0 saturated carbocycles. The van der Waals surface area contributed by atoms with Gasteiger partial charge in [0.15, 0.2) is 0 Å². The van der Waals surface area contributed by atoms with Crippen LogP contribution in [0.4, 0.5) is 0 Å². The second-order valence-corrected chi connectivity index (χ2v) is 5.89. The van der Waals surface area contributed by atoms with Gasteiger partial charge in [0, 0.05) is 18.0 Å². The molecule has 0 amide bonds. The van der Waals surface area contributed by atoms with Gasteiger partial charge >= 0.3 is 0 Å². The molecule has 0 saturated heterocycles. The number of hydrogen-bond donors (Lipinski definition) is 1. The van der Waals surface area contributed by atoms with Gasteiger partial charge < -0.3 is 9.84 Å². The van der Waals surface area contributed by atoms with Crippen LogP contribution in [0.25, 0.3) is 11.4 Å². The van der Waals surface area contributed by atoms with E-state index in [1.54, 1.807) is 0 Å². The smallest absolute Gasteiger partial charge is 0.228 e. The topological polar surface area (TPSA) is 51.0 Å². The zero-order valence-electron chi connectivity index (χ0n) is 13.4. The zero-order valence-corrected chi connectivity index (χ0v) is 13.4. The molecule has 114 valence electrons. The SMILES string of the molecule is CCCNC(Cc1nc(-c2cccc(C)c2)no1)C(C)C. The molecule has 4 heteroatoms. The molecule has 1 aromatic carbocycles. The molecule has 2 aromatic rings. The standard InChI is InChI=1S/C17H25N3O/c1-5-9-18-15(12(2)3)11-16-19-17(20-21-16)14-8-6-7-13(4)10-14/h6-8,10,12,15,18H,5,9,11H2,1-4H3. The van der Waals surface area contributed by atoms with Gasteiger partial charge in [0.25, 0.3) is 0 Å². The van der Waals surface area contributed by atoms with Crippen LogP contribution < -0.4 is 5.32 Å². The van der Waals surface area contributed by atoms with Crippen LogP contribution in [0.1, 0.15) is 38.6 Å². The van der Waals surface area contributed by atoms with Crippen LogP contribution in [0.15, 0.2) is 28.8 Å². The Kier molecular flexibility index (Phi) is 5.51. The van der Waals surface area contributed by atoms with Gasteiger partial charge in [0.2, 0.25) is 11.7 Å². The van der Waals surface area contributed by atoms with Crippen molar-refractivity contribution in [1.82, 2.24) is 15.5 Å². The molecule has 1 aromatic heterocycles. The van der Waals surface area contributed by atoms with Crippen LogP contribution in [-0.2, 0) is 6.42 Å². The molecule has 0 fully saturated rings. The van der Waals surface area contributed by atoms with Crippen molar-refractivity contribution in [1.29, 1.82) is 0 Å². The van der Waals surface area contributed by atoms with Crippen LogP contribution in [0, 0.1) is 12.8 Å². The Hall–Kier alpha value is -1.68. The minimum atomic E-state index is 0.371. The van der Waals surface area contributed by atoms with E-state index < -0.39 is 0 Å². The summed E-state index contributed by atoms with van der Waals surface area (Å²) in [5.74, 6) is 1.91. The van der Waals surface area contributed by atoms with E-state index in [0.29, 0.717) is 23.7 Å². The predicted molar refractivity (Wildman–Crippen MR) is 85.1 cm³/mol. The molecular formula is C17H25N3O. The van der Waals surface area contributed by atoms with Gasteiger partial charge in [-0.1, -0.05) is 49.7 Å². The van der Waals surface area contributed by atoms with Crippen molar-refractivity contribution < 1.29 is 4.52 Å². The Morgan fingerprint density at radius 1 is 1.29 bits per heavy atom. The van der Waals surface area contributed by atoms with Crippen molar-refractivity contribution in [2.75, 3.05) is 6.54 Å². The monoisotopic (exact) mass is 287 g/mol. The van der Waals surface area contributed by atoms with Gasteiger partial charge in [-0.05, 0) is 31.9 Å². The molecule has 1 atom stereocenters. The lowest BCUT2D eigenvalue weighted by atomic mass is 10.0. The molecule has 21 heavy (non-hydrogen) atoms. The fourth-order valence-corrected chi connectivity index (χ4v) is 2.30.